The van der Waals surface area contributed by atoms with Crippen LogP contribution in [-0.4, -0.2) is 22.3 Å². The highest BCUT2D eigenvalue weighted by Gasteiger charge is 2.31. The lowest BCUT2D eigenvalue weighted by atomic mass is 9.97. The standard InChI is InChI=1S/C23H19F3N2O3/c1-14-4-3-9-27-20(14)13-28-12-17-11-16(5-8-21(17)30-22(28)29)19-7-6-18(10-15(19)2)31-23(24,25)26/h3-11H,12-13H2,1-2H3. The molecule has 1 amide bonds. The van der Waals surface area contributed by atoms with Gasteiger partial charge in [0, 0.05) is 11.8 Å². The van der Waals surface area contributed by atoms with Crippen molar-refractivity contribution in [3.05, 3.63) is 77.1 Å². The fourth-order valence-corrected chi connectivity index (χ4v) is 3.54. The van der Waals surface area contributed by atoms with E-state index in [9.17, 15) is 18.0 Å². The van der Waals surface area contributed by atoms with Gasteiger partial charge in [-0.15, -0.1) is 13.2 Å². The highest BCUT2D eigenvalue weighted by molar-refractivity contribution is 5.76. The van der Waals surface area contributed by atoms with Gasteiger partial charge in [0.1, 0.15) is 11.5 Å². The molecule has 2 aromatic carbocycles. The van der Waals surface area contributed by atoms with Crippen molar-refractivity contribution in [2.45, 2.75) is 33.3 Å². The van der Waals surface area contributed by atoms with Gasteiger partial charge in [-0.05, 0) is 66.4 Å². The highest BCUT2D eigenvalue weighted by atomic mass is 19.4. The first-order valence-corrected chi connectivity index (χ1v) is 9.56. The Hall–Kier alpha value is -3.55. The number of carbonyl (C=O) groups is 1. The van der Waals surface area contributed by atoms with Gasteiger partial charge < -0.3 is 9.47 Å². The zero-order chi connectivity index (χ0) is 22.2. The summed E-state index contributed by atoms with van der Waals surface area (Å²) in [5.74, 6) is 0.204. The minimum absolute atomic E-state index is 0.266. The quantitative estimate of drug-likeness (QED) is 0.529. The lowest BCUT2D eigenvalue weighted by Gasteiger charge is -2.28. The van der Waals surface area contributed by atoms with Crippen LogP contribution in [0.3, 0.4) is 0 Å². The molecular weight excluding hydrogens is 409 g/mol. The predicted molar refractivity (Wildman–Crippen MR) is 108 cm³/mol. The number of fused-ring (bicyclic) bond motifs is 1. The SMILES string of the molecule is Cc1cc(OC(F)(F)F)ccc1-c1ccc2c(c1)CN(Cc1ncccc1C)C(=O)O2. The third kappa shape index (κ3) is 4.63. The van der Waals surface area contributed by atoms with Crippen LogP contribution in [0.25, 0.3) is 11.1 Å². The molecule has 5 nitrogen and oxygen atoms in total. The van der Waals surface area contributed by atoms with Gasteiger partial charge in [0.15, 0.2) is 0 Å². The molecule has 8 heteroatoms. The van der Waals surface area contributed by atoms with Gasteiger partial charge in [-0.3, -0.25) is 9.88 Å². The Labute approximate surface area is 177 Å². The summed E-state index contributed by atoms with van der Waals surface area (Å²) in [7, 11) is 0. The monoisotopic (exact) mass is 428 g/mol. The number of halogens is 3. The molecule has 0 N–H and O–H groups in total. The lowest BCUT2D eigenvalue weighted by Crippen LogP contribution is -2.36. The van der Waals surface area contributed by atoms with Crippen molar-refractivity contribution < 1.29 is 27.4 Å². The predicted octanol–water partition coefficient (Wildman–Crippen LogP) is 5.78. The van der Waals surface area contributed by atoms with Crippen LogP contribution >= 0.6 is 0 Å². The summed E-state index contributed by atoms with van der Waals surface area (Å²) < 4.78 is 46.8. The molecule has 160 valence electrons. The number of rotatable bonds is 4. The van der Waals surface area contributed by atoms with Crippen molar-refractivity contribution in [2.75, 3.05) is 0 Å². The van der Waals surface area contributed by atoms with E-state index in [-0.39, 0.29) is 5.75 Å². The van der Waals surface area contributed by atoms with Crippen molar-refractivity contribution >= 4 is 6.09 Å². The van der Waals surface area contributed by atoms with E-state index in [1.807, 2.05) is 25.1 Å². The minimum atomic E-state index is -4.74. The van der Waals surface area contributed by atoms with Crippen LogP contribution in [0.1, 0.15) is 22.4 Å². The Balaban J connectivity index is 1.59. The molecule has 0 fully saturated rings. The van der Waals surface area contributed by atoms with E-state index in [4.69, 9.17) is 4.74 Å². The van der Waals surface area contributed by atoms with E-state index in [1.165, 1.54) is 12.1 Å². The summed E-state index contributed by atoms with van der Waals surface area (Å²) >= 11 is 0. The smallest absolute Gasteiger partial charge is 0.410 e. The number of benzene rings is 2. The van der Waals surface area contributed by atoms with E-state index < -0.39 is 12.5 Å². The fourth-order valence-electron chi connectivity index (χ4n) is 3.54. The minimum Gasteiger partial charge on any atom is -0.410 e. The Morgan fingerprint density at radius 3 is 2.61 bits per heavy atom. The number of nitrogens with zero attached hydrogens (tertiary/aromatic N) is 2. The molecule has 2 heterocycles. The van der Waals surface area contributed by atoms with Gasteiger partial charge in [0.25, 0.3) is 0 Å². The van der Waals surface area contributed by atoms with E-state index in [1.54, 1.807) is 36.2 Å². The lowest BCUT2D eigenvalue weighted by molar-refractivity contribution is -0.274. The van der Waals surface area contributed by atoms with Crippen molar-refractivity contribution in [1.82, 2.24) is 9.88 Å². The van der Waals surface area contributed by atoms with Crippen LogP contribution in [0, 0.1) is 13.8 Å². The van der Waals surface area contributed by atoms with Crippen LogP contribution in [0.2, 0.25) is 0 Å². The molecule has 3 aromatic rings. The number of ether oxygens (including phenoxy) is 2. The number of hydrogen-bond acceptors (Lipinski definition) is 4. The Kier molecular flexibility index (Phi) is 5.31. The second-order valence-electron chi connectivity index (χ2n) is 7.34. The third-order valence-corrected chi connectivity index (χ3v) is 5.08. The molecule has 0 saturated carbocycles. The maximum Gasteiger partial charge on any atom is 0.573 e. The van der Waals surface area contributed by atoms with Crippen molar-refractivity contribution in [2.24, 2.45) is 0 Å². The summed E-state index contributed by atoms with van der Waals surface area (Å²) in [6.07, 6.45) is -3.51. The van der Waals surface area contributed by atoms with Crippen LogP contribution in [0.4, 0.5) is 18.0 Å². The number of hydrogen-bond donors (Lipinski definition) is 0. The van der Waals surface area contributed by atoms with Crippen LogP contribution in [0.15, 0.2) is 54.7 Å². The molecule has 0 bridgehead atoms. The van der Waals surface area contributed by atoms with Crippen molar-refractivity contribution in [1.29, 1.82) is 0 Å². The van der Waals surface area contributed by atoms with Crippen LogP contribution < -0.4 is 9.47 Å². The first kappa shape index (κ1) is 20.7. The van der Waals surface area contributed by atoms with Crippen molar-refractivity contribution in [3.63, 3.8) is 0 Å². The molecule has 4 rings (SSSR count). The fraction of sp³-hybridized carbons (Fsp3) is 0.217. The van der Waals surface area contributed by atoms with Gasteiger partial charge in [-0.1, -0.05) is 18.2 Å². The molecule has 0 radical (unpaired) electrons. The highest BCUT2D eigenvalue weighted by Crippen LogP contribution is 2.34. The maximum atomic E-state index is 12.5. The van der Waals surface area contributed by atoms with E-state index >= 15 is 0 Å². The average molecular weight is 428 g/mol. The molecule has 1 aromatic heterocycles. The van der Waals surface area contributed by atoms with E-state index in [0.717, 1.165) is 27.9 Å². The Morgan fingerprint density at radius 2 is 1.90 bits per heavy atom. The number of pyridine rings is 1. The van der Waals surface area contributed by atoms with Gasteiger partial charge in [0.05, 0.1) is 18.8 Å². The zero-order valence-corrected chi connectivity index (χ0v) is 16.9. The number of amides is 1. The van der Waals surface area contributed by atoms with Gasteiger partial charge in [0.2, 0.25) is 0 Å². The van der Waals surface area contributed by atoms with Gasteiger partial charge in [-0.25, -0.2) is 4.79 Å². The Bertz CT molecular complexity index is 1150. The molecule has 0 aliphatic carbocycles. The summed E-state index contributed by atoms with van der Waals surface area (Å²) in [6, 6.07) is 13.3. The Morgan fingerprint density at radius 1 is 1.10 bits per heavy atom. The topological polar surface area (TPSA) is 51.7 Å². The number of aryl methyl sites for hydroxylation is 2. The summed E-state index contributed by atoms with van der Waals surface area (Å²) in [6.45, 7) is 4.30. The molecule has 0 saturated heterocycles. The number of carbonyl (C=O) groups excluding carboxylic acids is 1. The molecule has 1 aliphatic rings. The normalized spacial score (nSPS) is 13.6. The van der Waals surface area contributed by atoms with Crippen LogP contribution in [0.5, 0.6) is 11.5 Å². The van der Waals surface area contributed by atoms with E-state index in [2.05, 4.69) is 9.72 Å². The van der Waals surface area contributed by atoms with Gasteiger partial charge >= 0.3 is 12.5 Å². The molecule has 31 heavy (non-hydrogen) atoms. The average Bonchev–Trinajstić information content (AvgIpc) is 2.69. The summed E-state index contributed by atoms with van der Waals surface area (Å²) in [5, 5.41) is 0. The first-order valence-electron chi connectivity index (χ1n) is 9.56. The number of alkyl halides is 3. The van der Waals surface area contributed by atoms with Crippen LogP contribution in [-0.2, 0) is 13.1 Å². The zero-order valence-electron chi connectivity index (χ0n) is 16.9. The van der Waals surface area contributed by atoms with E-state index in [0.29, 0.717) is 24.4 Å². The van der Waals surface area contributed by atoms with Crippen molar-refractivity contribution in [3.8, 4) is 22.6 Å². The molecule has 0 unspecified atom stereocenters. The molecule has 1 aliphatic heterocycles. The first-order chi connectivity index (χ1) is 14.7. The summed E-state index contributed by atoms with van der Waals surface area (Å²) in [5.41, 5.74) is 4.78. The number of aromatic nitrogens is 1. The maximum absolute atomic E-state index is 12.5. The largest absolute Gasteiger partial charge is 0.573 e. The second-order valence-corrected chi connectivity index (χ2v) is 7.34. The second kappa shape index (κ2) is 7.94. The molecule has 0 spiro atoms. The molecule has 0 atom stereocenters. The third-order valence-electron chi connectivity index (χ3n) is 5.08. The van der Waals surface area contributed by atoms with Gasteiger partial charge in [-0.2, -0.15) is 0 Å². The molecular formula is C23H19F3N2O3. The summed E-state index contributed by atoms with van der Waals surface area (Å²) in [4.78, 5) is 18.3.